The summed E-state index contributed by atoms with van der Waals surface area (Å²) in [6.45, 7) is 5.22. The van der Waals surface area contributed by atoms with Crippen LogP contribution in [0.25, 0.3) is 5.69 Å². The molecule has 1 aromatic heterocycles. The van der Waals surface area contributed by atoms with Crippen molar-refractivity contribution in [1.82, 2.24) is 19.4 Å². The van der Waals surface area contributed by atoms with Crippen LogP contribution in [0.1, 0.15) is 5.56 Å². The second kappa shape index (κ2) is 7.40. The van der Waals surface area contributed by atoms with Gasteiger partial charge in [-0.3, -0.25) is 14.8 Å². The number of aromatic nitrogens is 2. The maximum absolute atomic E-state index is 12.6. The Bertz CT molecular complexity index is 1080. The van der Waals surface area contributed by atoms with Gasteiger partial charge in [0.05, 0.1) is 5.69 Å². The molecule has 5 atom stereocenters. The molecule has 2 aliphatic carbocycles. The zero-order chi connectivity index (χ0) is 22.0. The van der Waals surface area contributed by atoms with Gasteiger partial charge in [0, 0.05) is 45.0 Å². The fourth-order valence-electron chi connectivity index (χ4n) is 5.83. The summed E-state index contributed by atoms with van der Waals surface area (Å²) in [4.78, 5) is 33.3. The third kappa shape index (κ3) is 3.41. The van der Waals surface area contributed by atoms with E-state index in [1.54, 1.807) is 17.2 Å². The second-order valence-electron chi connectivity index (χ2n) is 9.79. The molecule has 2 amide bonds. The van der Waals surface area contributed by atoms with E-state index in [0.29, 0.717) is 42.2 Å². The Hall–Kier alpha value is -2.75. The fourth-order valence-corrected chi connectivity index (χ4v) is 5.83. The molecule has 5 N–H and O–H groups in total. The normalized spacial score (nSPS) is 32.5. The molecule has 32 heavy (non-hydrogen) atoms. The van der Waals surface area contributed by atoms with Crippen molar-refractivity contribution in [1.29, 1.82) is 0 Å². The molecule has 4 aliphatic rings. The summed E-state index contributed by atoms with van der Waals surface area (Å²) >= 11 is 0. The highest BCUT2D eigenvalue weighted by molar-refractivity contribution is 5.88. The Kier molecular flexibility index (Phi) is 4.60. The highest BCUT2D eigenvalue weighted by atomic mass is 16.2. The summed E-state index contributed by atoms with van der Waals surface area (Å²) in [6.07, 6.45) is 1.65. The van der Waals surface area contributed by atoms with Crippen LogP contribution in [-0.2, 0) is 6.54 Å². The number of anilines is 1. The summed E-state index contributed by atoms with van der Waals surface area (Å²) in [7, 11) is 0. The molecule has 9 heteroatoms. The van der Waals surface area contributed by atoms with E-state index in [4.69, 9.17) is 11.5 Å². The van der Waals surface area contributed by atoms with Gasteiger partial charge in [0.25, 0.3) is 0 Å². The van der Waals surface area contributed by atoms with Gasteiger partial charge in [-0.25, -0.2) is 9.59 Å². The molecule has 3 heterocycles. The number of nitrogens with one attached hydrogen (secondary N) is 1. The topological polar surface area (TPSA) is 123 Å². The van der Waals surface area contributed by atoms with Gasteiger partial charge in [-0.2, -0.15) is 4.98 Å². The molecule has 168 valence electrons. The van der Waals surface area contributed by atoms with E-state index in [0.717, 1.165) is 38.4 Å². The Morgan fingerprint density at radius 1 is 1.03 bits per heavy atom. The van der Waals surface area contributed by atoms with Crippen LogP contribution >= 0.6 is 0 Å². The fraction of sp³-hybridized carbons (Fsp3) is 0.522. The Labute approximate surface area is 186 Å². The zero-order valence-electron chi connectivity index (χ0n) is 17.9. The molecular formula is C23H29N7O2. The molecule has 4 fully saturated rings. The average Bonchev–Trinajstić information content (AvgIpc) is 3.41. The second-order valence-corrected chi connectivity index (χ2v) is 9.79. The van der Waals surface area contributed by atoms with E-state index in [-0.39, 0.29) is 11.8 Å². The molecule has 2 aromatic rings. The zero-order valence-corrected chi connectivity index (χ0v) is 17.9. The molecule has 0 radical (unpaired) electrons. The van der Waals surface area contributed by atoms with Gasteiger partial charge in [0.15, 0.2) is 0 Å². The average molecular weight is 436 g/mol. The highest BCUT2D eigenvalue weighted by Gasteiger charge is 2.55. The van der Waals surface area contributed by atoms with Crippen LogP contribution in [-0.4, -0.2) is 64.1 Å². The summed E-state index contributed by atoms with van der Waals surface area (Å²) in [5.74, 6) is 3.25. The minimum atomic E-state index is -0.420. The first-order chi connectivity index (χ1) is 15.5. The number of hydrogen-bond donors (Lipinski definition) is 3. The van der Waals surface area contributed by atoms with Crippen LogP contribution in [0.5, 0.6) is 0 Å². The maximum atomic E-state index is 12.6. The first-order valence-electron chi connectivity index (χ1n) is 11.4. The maximum Gasteiger partial charge on any atom is 0.354 e. The quantitative estimate of drug-likeness (QED) is 0.621. The van der Waals surface area contributed by atoms with Crippen molar-refractivity contribution in [3.8, 4) is 5.69 Å². The third-order valence-electron chi connectivity index (χ3n) is 7.93. The van der Waals surface area contributed by atoms with Crippen LogP contribution in [0.3, 0.4) is 0 Å². The van der Waals surface area contributed by atoms with Crippen LogP contribution in [0.15, 0.2) is 41.3 Å². The van der Waals surface area contributed by atoms with Gasteiger partial charge in [0.1, 0.15) is 5.82 Å². The molecule has 2 aliphatic heterocycles. The standard InChI is InChI=1S/C23H29N7O2/c24-7-15-16-11-29(12-17(15)16)22(31)26-20-5-6-30(23(32)27-20)14-3-1-13(2-4-14)8-28-9-18-19(10-28)21(18)25/h1-6,15-19,21H,7-12,24-25H2,(H,26,27,31,32)/t15?,16?,17?,18-,19+,21?. The van der Waals surface area contributed by atoms with E-state index in [1.807, 2.05) is 12.1 Å². The van der Waals surface area contributed by atoms with Gasteiger partial charge < -0.3 is 16.4 Å². The number of carbonyl (C=O) groups is 1. The summed E-state index contributed by atoms with van der Waals surface area (Å²) in [5, 5.41) is 2.75. The van der Waals surface area contributed by atoms with E-state index in [2.05, 4.69) is 27.3 Å². The Morgan fingerprint density at radius 2 is 1.72 bits per heavy atom. The predicted octanol–water partition coefficient (Wildman–Crippen LogP) is 0.290. The number of amides is 2. The molecule has 3 unspecified atom stereocenters. The lowest BCUT2D eigenvalue weighted by atomic mass is 10.2. The minimum absolute atomic E-state index is 0.206. The number of rotatable bonds is 5. The van der Waals surface area contributed by atoms with Gasteiger partial charge >= 0.3 is 11.7 Å². The van der Waals surface area contributed by atoms with Crippen LogP contribution in [0, 0.1) is 29.6 Å². The van der Waals surface area contributed by atoms with E-state index < -0.39 is 5.69 Å². The van der Waals surface area contributed by atoms with E-state index in [1.165, 1.54) is 10.1 Å². The Balaban J connectivity index is 1.07. The molecule has 2 saturated heterocycles. The monoisotopic (exact) mass is 435 g/mol. The van der Waals surface area contributed by atoms with Gasteiger partial charge in [-0.05, 0) is 59.9 Å². The summed E-state index contributed by atoms with van der Waals surface area (Å²) < 4.78 is 1.49. The molecule has 6 rings (SSSR count). The highest BCUT2D eigenvalue weighted by Crippen LogP contribution is 2.50. The number of urea groups is 1. The molecule has 9 nitrogen and oxygen atoms in total. The van der Waals surface area contributed by atoms with Crippen LogP contribution < -0.4 is 22.5 Å². The van der Waals surface area contributed by atoms with Crippen LogP contribution in [0.4, 0.5) is 10.6 Å². The van der Waals surface area contributed by atoms with Crippen molar-refractivity contribution in [2.45, 2.75) is 12.6 Å². The summed E-state index contributed by atoms with van der Waals surface area (Å²) in [5.41, 5.74) is 13.3. The number of carbonyl (C=O) groups excluding carboxylic acids is 1. The van der Waals surface area contributed by atoms with Crippen LogP contribution in [0.2, 0.25) is 0 Å². The Morgan fingerprint density at radius 3 is 2.34 bits per heavy atom. The summed E-state index contributed by atoms with van der Waals surface area (Å²) in [6, 6.07) is 9.83. The molecule has 0 bridgehead atoms. The molecular weight excluding hydrogens is 406 g/mol. The number of nitrogens with two attached hydrogens (primary N) is 2. The minimum Gasteiger partial charge on any atom is -0.330 e. The number of likely N-dealkylation sites (tertiary alicyclic amines) is 2. The van der Waals surface area contributed by atoms with Crippen molar-refractivity contribution in [3.05, 3.63) is 52.6 Å². The van der Waals surface area contributed by atoms with Gasteiger partial charge in [-0.1, -0.05) is 12.1 Å². The molecule has 2 saturated carbocycles. The number of hydrogen-bond acceptors (Lipinski definition) is 6. The number of piperidine rings is 2. The number of fused-ring (bicyclic) bond motifs is 2. The van der Waals surface area contributed by atoms with Crippen molar-refractivity contribution < 1.29 is 4.79 Å². The van der Waals surface area contributed by atoms with E-state index in [9.17, 15) is 9.59 Å². The van der Waals surface area contributed by atoms with E-state index >= 15 is 0 Å². The SMILES string of the molecule is NCC1C2CN(C(=O)Nc3ccn(-c4ccc(CN5C[C@@H]6C(N)[C@@H]6C5)cc4)c(=O)n3)CC12. The third-order valence-corrected chi connectivity index (χ3v) is 7.93. The van der Waals surface area contributed by atoms with Crippen molar-refractivity contribution in [3.63, 3.8) is 0 Å². The number of benzene rings is 1. The first-order valence-corrected chi connectivity index (χ1v) is 11.4. The molecule has 1 aromatic carbocycles. The van der Waals surface area contributed by atoms with Gasteiger partial charge in [0.2, 0.25) is 0 Å². The van der Waals surface area contributed by atoms with Crippen molar-refractivity contribution >= 4 is 11.8 Å². The van der Waals surface area contributed by atoms with Crippen molar-refractivity contribution in [2.75, 3.05) is 38.0 Å². The lowest BCUT2D eigenvalue weighted by molar-refractivity contribution is 0.214. The lowest BCUT2D eigenvalue weighted by Crippen LogP contribution is -2.36. The smallest absolute Gasteiger partial charge is 0.330 e. The van der Waals surface area contributed by atoms with Crippen molar-refractivity contribution in [2.24, 2.45) is 41.1 Å². The largest absolute Gasteiger partial charge is 0.354 e. The predicted molar refractivity (Wildman–Crippen MR) is 120 cm³/mol. The van der Waals surface area contributed by atoms with Gasteiger partial charge in [-0.15, -0.1) is 0 Å². The first kappa shape index (κ1) is 19.9. The lowest BCUT2D eigenvalue weighted by Gasteiger charge is -2.20. The molecule has 0 spiro atoms. The number of nitrogens with zero attached hydrogens (tertiary/aromatic N) is 4.